The highest BCUT2D eigenvalue weighted by Gasteiger charge is 2.22. The Kier molecular flexibility index (Phi) is 4.28. The number of benzene rings is 1. The summed E-state index contributed by atoms with van der Waals surface area (Å²) in [6, 6.07) is 14.3. The molecule has 1 aliphatic heterocycles. The van der Waals surface area contributed by atoms with Crippen LogP contribution in [0.4, 0.5) is 0 Å². The summed E-state index contributed by atoms with van der Waals surface area (Å²) in [5, 5.41) is 5.05. The van der Waals surface area contributed by atoms with Crippen LogP contribution in [0.15, 0.2) is 53.2 Å². The van der Waals surface area contributed by atoms with Gasteiger partial charge >= 0.3 is 0 Å². The number of nitrogens with zero attached hydrogens (tertiary/aromatic N) is 3. The van der Waals surface area contributed by atoms with Gasteiger partial charge in [0.25, 0.3) is 5.91 Å². The zero-order valence-electron chi connectivity index (χ0n) is 13.4. The van der Waals surface area contributed by atoms with E-state index in [1.54, 1.807) is 11.3 Å². The van der Waals surface area contributed by atoms with Crippen molar-refractivity contribution < 1.29 is 4.79 Å². The summed E-state index contributed by atoms with van der Waals surface area (Å²) in [4.78, 5) is 21.4. The van der Waals surface area contributed by atoms with E-state index >= 15 is 0 Å². The SMILES string of the molecule is O=C(c1ccsc1)N1CCN(Cc2ccc3ccccc3n2)CC1. The van der Waals surface area contributed by atoms with Gasteiger partial charge in [-0.15, -0.1) is 0 Å². The van der Waals surface area contributed by atoms with Crippen LogP contribution in [0.5, 0.6) is 0 Å². The normalized spacial score (nSPS) is 15.8. The number of carbonyl (C=O) groups excluding carboxylic acids is 1. The van der Waals surface area contributed by atoms with Crippen molar-refractivity contribution in [1.82, 2.24) is 14.8 Å². The molecule has 0 N–H and O–H groups in total. The maximum absolute atomic E-state index is 12.4. The molecule has 4 rings (SSSR count). The van der Waals surface area contributed by atoms with Crippen molar-refractivity contribution in [3.05, 3.63) is 64.5 Å². The molecule has 4 nitrogen and oxygen atoms in total. The molecule has 1 saturated heterocycles. The van der Waals surface area contributed by atoms with Crippen molar-refractivity contribution in [1.29, 1.82) is 0 Å². The molecule has 0 saturated carbocycles. The van der Waals surface area contributed by atoms with Crippen molar-refractivity contribution in [2.24, 2.45) is 0 Å². The van der Waals surface area contributed by atoms with E-state index < -0.39 is 0 Å². The van der Waals surface area contributed by atoms with Crippen LogP contribution in [0, 0.1) is 0 Å². The van der Waals surface area contributed by atoms with E-state index in [1.807, 2.05) is 33.9 Å². The standard InChI is InChI=1S/C19H19N3OS/c23-19(16-7-12-24-14-16)22-10-8-21(9-11-22)13-17-6-5-15-3-1-2-4-18(15)20-17/h1-7,12,14H,8-11,13H2. The van der Waals surface area contributed by atoms with Crippen LogP contribution in [0.25, 0.3) is 10.9 Å². The van der Waals surface area contributed by atoms with E-state index in [-0.39, 0.29) is 5.91 Å². The Bertz CT molecular complexity index is 839. The average molecular weight is 337 g/mol. The number of amides is 1. The number of thiophene rings is 1. The van der Waals surface area contributed by atoms with Crippen LogP contribution in [0.1, 0.15) is 16.1 Å². The number of piperazine rings is 1. The third-order valence-corrected chi connectivity index (χ3v) is 5.15. The van der Waals surface area contributed by atoms with Gasteiger partial charge in [0.1, 0.15) is 0 Å². The summed E-state index contributed by atoms with van der Waals surface area (Å²) in [5.41, 5.74) is 2.94. The third kappa shape index (κ3) is 3.18. The number of carbonyl (C=O) groups is 1. The minimum Gasteiger partial charge on any atom is -0.336 e. The van der Waals surface area contributed by atoms with Gasteiger partial charge in [-0.2, -0.15) is 11.3 Å². The highest BCUT2D eigenvalue weighted by Crippen LogP contribution is 2.15. The molecule has 3 aromatic rings. The molecule has 0 spiro atoms. The van der Waals surface area contributed by atoms with E-state index in [4.69, 9.17) is 4.98 Å². The van der Waals surface area contributed by atoms with Gasteiger partial charge in [-0.1, -0.05) is 24.3 Å². The molecule has 122 valence electrons. The first-order chi connectivity index (χ1) is 11.8. The summed E-state index contributed by atoms with van der Waals surface area (Å²) in [6.45, 7) is 4.19. The Morgan fingerprint density at radius 1 is 1.04 bits per heavy atom. The first-order valence-corrected chi connectivity index (χ1v) is 9.12. The number of aromatic nitrogens is 1. The van der Waals surface area contributed by atoms with Gasteiger partial charge in [-0.05, 0) is 23.6 Å². The van der Waals surface area contributed by atoms with Gasteiger partial charge in [-0.3, -0.25) is 14.7 Å². The lowest BCUT2D eigenvalue weighted by Crippen LogP contribution is -2.48. The maximum atomic E-state index is 12.4. The average Bonchev–Trinajstić information content (AvgIpc) is 3.16. The fourth-order valence-electron chi connectivity index (χ4n) is 3.10. The zero-order valence-corrected chi connectivity index (χ0v) is 14.2. The van der Waals surface area contributed by atoms with Crippen LogP contribution >= 0.6 is 11.3 Å². The number of fused-ring (bicyclic) bond motifs is 1. The van der Waals surface area contributed by atoms with Gasteiger partial charge in [-0.25, -0.2) is 0 Å². The highest BCUT2D eigenvalue weighted by atomic mass is 32.1. The fraction of sp³-hybridized carbons (Fsp3) is 0.263. The minimum absolute atomic E-state index is 0.153. The molecule has 1 aliphatic rings. The van der Waals surface area contributed by atoms with Crippen LogP contribution in [0.2, 0.25) is 0 Å². The van der Waals surface area contributed by atoms with E-state index in [0.29, 0.717) is 0 Å². The molecule has 3 heterocycles. The van der Waals surface area contributed by atoms with E-state index in [1.165, 1.54) is 5.39 Å². The molecule has 0 unspecified atom stereocenters. The molecule has 0 bridgehead atoms. The van der Waals surface area contributed by atoms with E-state index in [0.717, 1.165) is 49.5 Å². The fourth-order valence-corrected chi connectivity index (χ4v) is 3.73. The lowest BCUT2D eigenvalue weighted by molar-refractivity contribution is 0.0627. The van der Waals surface area contributed by atoms with Crippen molar-refractivity contribution >= 4 is 28.1 Å². The molecule has 1 aromatic carbocycles. The second kappa shape index (κ2) is 6.71. The number of para-hydroxylation sites is 1. The van der Waals surface area contributed by atoms with Crippen LogP contribution in [-0.4, -0.2) is 46.9 Å². The summed E-state index contributed by atoms with van der Waals surface area (Å²) in [5.74, 6) is 0.153. The number of pyridine rings is 1. The predicted octanol–water partition coefficient (Wildman–Crippen LogP) is 3.25. The summed E-state index contributed by atoms with van der Waals surface area (Å²) in [7, 11) is 0. The largest absolute Gasteiger partial charge is 0.336 e. The van der Waals surface area contributed by atoms with Crippen molar-refractivity contribution in [2.45, 2.75) is 6.54 Å². The van der Waals surface area contributed by atoms with Crippen LogP contribution in [0.3, 0.4) is 0 Å². The quantitative estimate of drug-likeness (QED) is 0.736. The van der Waals surface area contributed by atoms with Crippen molar-refractivity contribution in [3.8, 4) is 0 Å². The Morgan fingerprint density at radius 2 is 1.88 bits per heavy atom. The molecule has 1 amide bonds. The number of hydrogen-bond donors (Lipinski definition) is 0. The van der Waals surface area contributed by atoms with Gasteiger partial charge < -0.3 is 4.90 Å². The van der Waals surface area contributed by atoms with Gasteiger partial charge in [0.15, 0.2) is 0 Å². The second-order valence-electron chi connectivity index (χ2n) is 6.08. The lowest BCUT2D eigenvalue weighted by Gasteiger charge is -2.34. The molecule has 0 radical (unpaired) electrons. The number of hydrogen-bond acceptors (Lipinski definition) is 4. The first kappa shape index (κ1) is 15.3. The van der Waals surface area contributed by atoms with Gasteiger partial charge in [0, 0.05) is 43.5 Å². The Balaban J connectivity index is 1.38. The summed E-state index contributed by atoms with van der Waals surface area (Å²) >= 11 is 1.57. The van der Waals surface area contributed by atoms with Gasteiger partial charge in [0.05, 0.1) is 16.8 Å². The smallest absolute Gasteiger partial charge is 0.254 e. The molecule has 2 aromatic heterocycles. The third-order valence-electron chi connectivity index (χ3n) is 4.47. The van der Waals surface area contributed by atoms with Crippen LogP contribution < -0.4 is 0 Å². The number of rotatable bonds is 3. The molecular weight excluding hydrogens is 318 g/mol. The lowest BCUT2D eigenvalue weighted by atomic mass is 10.2. The Hall–Kier alpha value is -2.24. The minimum atomic E-state index is 0.153. The Labute approximate surface area is 145 Å². The molecule has 1 fully saturated rings. The maximum Gasteiger partial charge on any atom is 0.254 e. The van der Waals surface area contributed by atoms with Gasteiger partial charge in [0.2, 0.25) is 0 Å². The monoisotopic (exact) mass is 337 g/mol. The predicted molar refractivity (Wildman–Crippen MR) is 97.2 cm³/mol. The van der Waals surface area contributed by atoms with Crippen molar-refractivity contribution in [3.63, 3.8) is 0 Å². The molecule has 0 atom stereocenters. The van der Waals surface area contributed by atoms with Crippen LogP contribution in [-0.2, 0) is 6.54 Å². The molecular formula is C19H19N3OS. The highest BCUT2D eigenvalue weighted by molar-refractivity contribution is 7.08. The molecule has 5 heteroatoms. The topological polar surface area (TPSA) is 36.4 Å². The van der Waals surface area contributed by atoms with E-state index in [2.05, 4.69) is 29.2 Å². The first-order valence-electron chi connectivity index (χ1n) is 8.18. The molecule has 24 heavy (non-hydrogen) atoms. The summed E-state index contributed by atoms with van der Waals surface area (Å²) < 4.78 is 0. The van der Waals surface area contributed by atoms with E-state index in [9.17, 15) is 4.79 Å². The summed E-state index contributed by atoms with van der Waals surface area (Å²) in [6.07, 6.45) is 0. The molecule has 0 aliphatic carbocycles. The van der Waals surface area contributed by atoms with Crippen molar-refractivity contribution in [2.75, 3.05) is 26.2 Å². The second-order valence-corrected chi connectivity index (χ2v) is 6.86. The zero-order chi connectivity index (χ0) is 16.4. The Morgan fingerprint density at radius 3 is 2.67 bits per heavy atom.